The van der Waals surface area contributed by atoms with E-state index >= 15 is 0 Å². The van der Waals surface area contributed by atoms with Crippen LogP contribution in [0.3, 0.4) is 0 Å². The lowest BCUT2D eigenvalue weighted by Gasteiger charge is -2.33. The fourth-order valence-corrected chi connectivity index (χ4v) is 4.39. The highest BCUT2D eigenvalue weighted by Gasteiger charge is 2.37. The predicted molar refractivity (Wildman–Crippen MR) is 112 cm³/mol. The molecule has 7 heteroatoms. The Kier molecular flexibility index (Phi) is 5.09. The van der Waals surface area contributed by atoms with Crippen LogP contribution >= 0.6 is 11.8 Å². The summed E-state index contributed by atoms with van der Waals surface area (Å²) < 4.78 is 1.91. The minimum atomic E-state index is -0.371. The maximum atomic E-state index is 13.2. The zero-order chi connectivity index (χ0) is 19.7. The molecule has 3 aromatic rings. The highest BCUT2D eigenvalue weighted by molar-refractivity contribution is 8.00. The molecule has 144 valence electrons. The minimum Gasteiger partial charge on any atom is -0.325 e. The summed E-state index contributed by atoms with van der Waals surface area (Å²) in [7, 11) is 0. The van der Waals surface area contributed by atoms with E-state index in [1.54, 1.807) is 0 Å². The lowest BCUT2D eigenvalue weighted by atomic mass is 10.0. The molecule has 0 aliphatic carbocycles. The number of carbonyl (C=O) groups excluding carboxylic acids is 1. The molecule has 0 saturated heterocycles. The summed E-state index contributed by atoms with van der Waals surface area (Å²) in [5.41, 5.74) is 7.62. The lowest BCUT2D eigenvalue weighted by Crippen LogP contribution is -2.41. The van der Waals surface area contributed by atoms with Crippen molar-refractivity contribution >= 4 is 23.4 Å². The Hall–Kier alpha value is -2.80. The van der Waals surface area contributed by atoms with Crippen LogP contribution in [0.4, 0.5) is 5.69 Å². The number of fused-ring (bicyclic) bond motifs is 1. The Morgan fingerprint density at radius 3 is 2.64 bits per heavy atom. The molecule has 2 heterocycles. The van der Waals surface area contributed by atoms with Crippen LogP contribution in [-0.4, -0.2) is 26.0 Å². The van der Waals surface area contributed by atoms with Crippen molar-refractivity contribution in [1.82, 2.24) is 14.9 Å². The van der Waals surface area contributed by atoms with Crippen molar-refractivity contribution in [3.63, 3.8) is 0 Å². The molecule has 4 rings (SSSR count). The van der Waals surface area contributed by atoms with Gasteiger partial charge in [-0.15, -0.1) is 10.2 Å². The molecule has 2 atom stereocenters. The molecule has 0 bridgehead atoms. The molecular formula is C21H23N5OS. The summed E-state index contributed by atoms with van der Waals surface area (Å²) in [6.07, 6.45) is 0.765. The molecule has 0 spiro atoms. The van der Waals surface area contributed by atoms with E-state index in [0.717, 1.165) is 29.1 Å². The first-order valence-corrected chi connectivity index (χ1v) is 10.2. The Morgan fingerprint density at radius 1 is 1.14 bits per heavy atom. The summed E-state index contributed by atoms with van der Waals surface area (Å²) in [5.74, 6) is 0.804. The second-order valence-electron chi connectivity index (χ2n) is 7.00. The molecule has 0 saturated carbocycles. The van der Waals surface area contributed by atoms with Crippen LogP contribution < -0.4 is 10.7 Å². The number of rotatable bonds is 4. The van der Waals surface area contributed by atoms with Crippen molar-refractivity contribution < 1.29 is 4.79 Å². The number of hydrogen-bond donors (Lipinski definition) is 2. The average molecular weight is 394 g/mol. The van der Waals surface area contributed by atoms with E-state index in [1.807, 2.05) is 42.8 Å². The molecule has 0 radical (unpaired) electrons. The van der Waals surface area contributed by atoms with E-state index in [4.69, 9.17) is 0 Å². The molecular weight excluding hydrogens is 370 g/mol. The van der Waals surface area contributed by atoms with Gasteiger partial charge in [0, 0.05) is 12.1 Å². The summed E-state index contributed by atoms with van der Waals surface area (Å²) in [6.45, 7) is 6.11. The van der Waals surface area contributed by atoms with Crippen LogP contribution in [0.15, 0.2) is 53.7 Å². The largest absolute Gasteiger partial charge is 0.325 e. The van der Waals surface area contributed by atoms with Gasteiger partial charge >= 0.3 is 0 Å². The van der Waals surface area contributed by atoms with Crippen molar-refractivity contribution in [2.45, 2.75) is 43.6 Å². The fourth-order valence-electron chi connectivity index (χ4n) is 3.29. The number of carbonyl (C=O) groups is 1. The third kappa shape index (κ3) is 3.62. The second-order valence-corrected chi connectivity index (χ2v) is 8.11. The van der Waals surface area contributed by atoms with Crippen molar-refractivity contribution in [3.05, 3.63) is 71.0 Å². The van der Waals surface area contributed by atoms with Gasteiger partial charge in [-0.2, -0.15) is 0 Å². The number of hydrogen-bond acceptors (Lipinski definition) is 5. The molecule has 1 amide bonds. The van der Waals surface area contributed by atoms with Crippen molar-refractivity contribution in [3.8, 4) is 0 Å². The quantitative estimate of drug-likeness (QED) is 0.704. The van der Waals surface area contributed by atoms with Crippen LogP contribution in [0.2, 0.25) is 0 Å². The van der Waals surface area contributed by atoms with E-state index < -0.39 is 0 Å². The van der Waals surface area contributed by atoms with Gasteiger partial charge in [0.15, 0.2) is 5.82 Å². The number of nitrogens with one attached hydrogen (secondary N) is 2. The van der Waals surface area contributed by atoms with Crippen LogP contribution in [0.5, 0.6) is 0 Å². The van der Waals surface area contributed by atoms with Gasteiger partial charge < -0.3 is 10.7 Å². The average Bonchev–Trinajstić information content (AvgIpc) is 3.09. The maximum Gasteiger partial charge on any atom is 0.240 e. The normalized spacial score (nSPS) is 18.2. The number of nitrogens with zero attached hydrogens (tertiary/aromatic N) is 3. The van der Waals surface area contributed by atoms with Gasteiger partial charge in [-0.25, -0.2) is 4.68 Å². The van der Waals surface area contributed by atoms with Crippen molar-refractivity contribution in [1.29, 1.82) is 0 Å². The summed E-state index contributed by atoms with van der Waals surface area (Å²) in [4.78, 5) is 13.2. The molecule has 1 aliphatic heterocycles. The van der Waals surface area contributed by atoms with E-state index in [2.05, 4.69) is 52.1 Å². The standard InChI is InChI=1S/C21H23N5OS/c1-4-17-23-24-21-26(17)25-18(15-10-8-13(2)9-11-15)19(28-21)20(27)22-16-7-5-6-14(3)12-16/h5-12,18-19,25H,4H2,1-3H3,(H,22,27)/t18-,19-/m0/s1. The van der Waals surface area contributed by atoms with E-state index in [0.29, 0.717) is 5.16 Å². The minimum absolute atomic E-state index is 0.0547. The first-order valence-electron chi connectivity index (χ1n) is 9.36. The third-order valence-electron chi connectivity index (χ3n) is 4.80. The Balaban J connectivity index is 1.67. The predicted octanol–water partition coefficient (Wildman–Crippen LogP) is 3.86. The van der Waals surface area contributed by atoms with Gasteiger partial charge in [-0.3, -0.25) is 4.79 Å². The number of amides is 1. The number of aromatic nitrogens is 3. The fraction of sp³-hybridized carbons (Fsp3) is 0.286. The Labute approximate surface area is 168 Å². The lowest BCUT2D eigenvalue weighted by molar-refractivity contribution is -0.116. The van der Waals surface area contributed by atoms with Crippen LogP contribution in [-0.2, 0) is 11.2 Å². The van der Waals surface area contributed by atoms with E-state index in [-0.39, 0.29) is 17.2 Å². The SMILES string of the molecule is CCc1nnc2n1N[C@@H](c1ccc(C)cc1)[C@@H](C(=O)Nc1cccc(C)c1)S2. The monoisotopic (exact) mass is 393 g/mol. The van der Waals surface area contributed by atoms with E-state index in [9.17, 15) is 4.79 Å². The molecule has 2 N–H and O–H groups in total. The first kappa shape index (κ1) is 18.6. The molecule has 0 unspecified atom stereocenters. The van der Waals surface area contributed by atoms with Crippen molar-refractivity contribution in [2.24, 2.45) is 0 Å². The molecule has 1 aromatic heterocycles. The van der Waals surface area contributed by atoms with Gasteiger partial charge in [0.05, 0.1) is 6.04 Å². The maximum absolute atomic E-state index is 13.2. The zero-order valence-corrected chi connectivity index (χ0v) is 17.0. The van der Waals surface area contributed by atoms with Crippen LogP contribution in [0.25, 0.3) is 0 Å². The third-order valence-corrected chi connectivity index (χ3v) is 6.02. The van der Waals surface area contributed by atoms with Gasteiger partial charge in [0.1, 0.15) is 5.25 Å². The van der Waals surface area contributed by atoms with Crippen LogP contribution in [0, 0.1) is 13.8 Å². The first-order chi connectivity index (χ1) is 13.5. The number of anilines is 1. The summed E-state index contributed by atoms with van der Waals surface area (Å²) >= 11 is 1.45. The van der Waals surface area contributed by atoms with Crippen LogP contribution in [0.1, 0.15) is 35.5 Å². The molecule has 28 heavy (non-hydrogen) atoms. The highest BCUT2D eigenvalue weighted by atomic mass is 32.2. The van der Waals surface area contributed by atoms with Gasteiger partial charge in [-0.05, 0) is 37.1 Å². The molecule has 6 nitrogen and oxygen atoms in total. The van der Waals surface area contributed by atoms with Gasteiger partial charge in [0.25, 0.3) is 0 Å². The second kappa shape index (κ2) is 7.67. The Morgan fingerprint density at radius 2 is 1.93 bits per heavy atom. The molecule has 0 fully saturated rings. The zero-order valence-electron chi connectivity index (χ0n) is 16.1. The highest BCUT2D eigenvalue weighted by Crippen LogP contribution is 2.37. The smallest absolute Gasteiger partial charge is 0.240 e. The molecule has 2 aromatic carbocycles. The topological polar surface area (TPSA) is 71.8 Å². The molecule has 1 aliphatic rings. The number of benzene rings is 2. The summed E-state index contributed by atoms with van der Waals surface area (Å²) in [5, 5.41) is 11.9. The number of aryl methyl sites for hydroxylation is 3. The summed E-state index contributed by atoms with van der Waals surface area (Å²) in [6, 6.07) is 15.9. The van der Waals surface area contributed by atoms with Gasteiger partial charge in [-0.1, -0.05) is 60.6 Å². The van der Waals surface area contributed by atoms with Gasteiger partial charge in [0.2, 0.25) is 11.1 Å². The Bertz CT molecular complexity index is 998. The number of thioether (sulfide) groups is 1. The van der Waals surface area contributed by atoms with E-state index in [1.165, 1.54) is 17.3 Å². The van der Waals surface area contributed by atoms with Crippen molar-refractivity contribution in [2.75, 3.05) is 10.7 Å².